The molecule has 0 fully saturated rings. The Morgan fingerprint density at radius 2 is 2.21 bits per heavy atom. The number of fused-ring (bicyclic) bond motifs is 1. The van der Waals surface area contributed by atoms with E-state index < -0.39 is 0 Å². The Labute approximate surface area is 84.7 Å². The summed E-state index contributed by atoms with van der Waals surface area (Å²) in [7, 11) is 0. The van der Waals surface area contributed by atoms with Crippen LogP contribution in [0.5, 0.6) is 0 Å². The fourth-order valence-electron chi connectivity index (χ4n) is 2.29. The number of hydrogen-bond acceptors (Lipinski definition) is 2. The van der Waals surface area contributed by atoms with Crippen LogP contribution in [0.1, 0.15) is 35.6 Å². The molecule has 0 saturated carbocycles. The summed E-state index contributed by atoms with van der Waals surface area (Å²) in [6.07, 6.45) is 4.26. The number of aryl methyl sites for hydroxylation is 1. The van der Waals surface area contributed by atoms with Gasteiger partial charge >= 0.3 is 0 Å². The third-order valence-corrected chi connectivity index (χ3v) is 3.02. The molecule has 1 aliphatic carbocycles. The van der Waals surface area contributed by atoms with Gasteiger partial charge in [-0.15, -0.1) is 0 Å². The van der Waals surface area contributed by atoms with Crippen molar-refractivity contribution >= 4 is 0 Å². The van der Waals surface area contributed by atoms with E-state index in [1.807, 2.05) is 0 Å². The van der Waals surface area contributed by atoms with Crippen LogP contribution in [0, 0.1) is 0 Å². The first-order chi connectivity index (χ1) is 6.83. The number of benzene rings is 1. The van der Waals surface area contributed by atoms with Crippen molar-refractivity contribution in [3.8, 4) is 0 Å². The Hall–Kier alpha value is -0.860. The van der Waals surface area contributed by atoms with Crippen molar-refractivity contribution < 1.29 is 5.11 Å². The molecule has 0 amide bonds. The third kappa shape index (κ3) is 1.68. The van der Waals surface area contributed by atoms with Crippen molar-refractivity contribution in [2.24, 2.45) is 5.73 Å². The summed E-state index contributed by atoms with van der Waals surface area (Å²) in [6, 6.07) is 6.38. The van der Waals surface area contributed by atoms with Gasteiger partial charge in [-0.2, -0.15) is 0 Å². The topological polar surface area (TPSA) is 46.2 Å². The highest BCUT2D eigenvalue weighted by Gasteiger charge is 2.17. The summed E-state index contributed by atoms with van der Waals surface area (Å²) in [6.45, 7) is 0.171. The van der Waals surface area contributed by atoms with Gasteiger partial charge in [0.15, 0.2) is 0 Å². The van der Waals surface area contributed by atoms with E-state index in [2.05, 4.69) is 18.2 Å². The molecular formula is C12H17NO. The number of nitrogens with two attached hydrogens (primary N) is 1. The minimum atomic E-state index is 0.00745. The monoisotopic (exact) mass is 191 g/mol. The molecule has 1 aromatic rings. The number of aliphatic hydroxyl groups excluding tert-OH is 1. The predicted molar refractivity (Wildman–Crippen MR) is 57.1 cm³/mol. The van der Waals surface area contributed by atoms with E-state index >= 15 is 0 Å². The van der Waals surface area contributed by atoms with Crippen LogP contribution in [-0.2, 0) is 12.8 Å². The lowest BCUT2D eigenvalue weighted by atomic mass is 9.96. The number of aliphatic hydroxyl groups is 1. The zero-order valence-electron chi connectivity index (χ0n) is 8.37. The molecule has 2 heteroatoms. The van der Waals surface area contributed by atoms with Gasteiger partial charge in [-0.1, -0.05) is 18.2 Å². The molecule has 1 unspecified atom stereocenters. The largest absolute Gasteiger partial charge is 0.396 e. The van der Waals surface area contributed by atoms with Crippen LogP contribution in [0.15, 0.2) is 18.2 Å². The van der Waals surface area contributed by atoms with Crippen molar-refractivity contribution in [2.75, 3.05) is 6.61 Å². The molecule has 0 saturated heterocycles. The fourth-order valence-corrected chi connectivity index (χ4v) is 2.29. The van der Waals surface area contributed by atoms with E-state index in [0.717, 1.165) is 6.42 Å². The Morgan fingerprint density at radius 3 is 3.00 bits per heavy atom. The average Bonchev–Trinajstić information content (AvgIpc) is 2.65. The van der Waals surface area contributed by atoms with Crippen LogP contribution < -0.4 is 5.73 Å². The van der Waals surface area contributed by atoms with Crippen molar-refractivity contribution in [2.45, 2.75) is 31.7 Å². The normalized spacial score (nSPS) is 16.7. The molecule has 76 valence electrons. The first kappa shape index (κ1) is 9.69. The maximum absolute atomic E-state index is 8.87. The molecule has 0 spiro atoms. The molecule has 1 atom stereocenters. The van der Waals surface area contributed by atoms with Gasteiger partial charge < -0.3 is 10.8 Å². The molecule has 0 heterocycles. The van der Waals surface area contributed by atoms with E-state index in [9.17, 15) is 0 Å². The first-order valence-electron chi connectivity index (χ1n) is 5.30. The van der Waals surface area contributed by atoms with Crippen molar-refractivity contribution in [3.05, 3.63) is 34.9 Å². The maximum atomic E-state index is 8.87. The van der Waals surface area contributed by atoms with E-state index in [4.69, 9.17) is 10.8 Å². The molecule has 3 N–H and O–H groups in total. The number of rotatable bonds is 3. The van der Waals surface area contributed by atoms with E-state index in [0.29, 0.717) is 6.42 Å². The molecule has 1 aliphatic rings. The molecular weight excluding hydrogens is 174 g/mol. The summed E-state index contributed by atoms with van der Waals surface area (Å²) in [5, 5.41) is 8.87. The summed E-state index contributed by atoms with van der Waals surface area (Å²) in [4.78, 5) is 0. The smallest absolute Gasteiger partial charge is 0.0449 e. The molecule has 0 bridgehead atoms. The van der Waals surface area contributed by atoms with Crippen molar-refractivity contribution in [1.29, 1.82) is 0 Å². The van der Waals surface area contributed by atoms with E-state index in [1.165, 1.54) is 29.5 Å². The molecule has 0 radical (unpaired) electrons. The van der Waals surface area contributed by atoms with Crippen molar-refractivity contribution in [3.63, 3.8) is 0 Å². The molecule has 14 heavy (non-hydrogen) atoms. The maximum Gasteiger partial charge on any atom is 0.0449 e. The van der Waals surface area contributed by atoms with E-state index in [1.54, 1.807) is 0 Å². The molecule has 0 aliphatic heterocycles. The predicted octanol–water partition coefficient (Wildman–Crippen LogP) is 1.56. The second-order valence-electron chi connectivity index (χ2n) is 3.96. The molecule has 1 aromatic carbocycles. The standard InChI is InChI=1S/C12H17NO/c13-12(7-8-14)11-6-2-4-9-3-1-5-10(9)11/h2,4,6,12,14H,1,3,5,7-8,13H2. The second kappa shape index (κ2) is 4.11. The van der Waals surface area contributed by atoms with Gasteiger partial charge in [0.2, 0.25) is 0 Å². The lowest BCUT2D eigenvalue weighted by Gasteiger charge is -2.14. The van der Waals surface area contributed by atoms with Gasteiger partial charge in [0, 0.05) is 12.6 Å². The van der Waals surface area contributed by atoms with Gasteiger partial charge in [-0.3, -0.25) is 0 Å². The van der Waals surface area contributed by atoms with Crippen LogP contribution in [0.4, 0.5) is 0 Å². The minimum absolute atomic E-state index is 0.00745. The highest BCUT2D eigenvalue weighted by molar-refractivity contribution is 5.40. The number of hydrogen-bond donors (Lipinski definition) is 2. The Bertz CT molecular complexity index is 322. The lowest BCUT2D eigenvalue weighted by molar-refractivity contribution is 0.276. The van der Waals surface area contributed by atoms with Crippen LogP contribution in [-0.4, -0.2) is 11.7 Å². The summed E-state index contributed by atoms with van der Waals surface area (Å²) in [5.74, 6) is 0. The minimum Gasteiger partial charge on any atom is -0.396 e. The zero-order valence-corrected chi connectivity index (χ0v) is 8.37. The summed E-state index contributed by atoms with van der Waals surface area (Å²) >= 11 is 0. The van der Waals surface area contributed by atoms with Crippen LogP contribution in [0.3, 0.4) is 0 Å². The van der Waals surface area contributed by atoms with E-state index in [-0.39, 0.29) is 12.6 Å². The van der Waals surface area contributed by atoms with Crippen molar-refractivity contribution in [1.82, 2.24) is 0 Å². The first-order valence-corrected chi connectivity index (χ1v) is 5.30. The lowest BCUT2D eigenvalue weighted by Crippen LogP contribution is -2.14. The van der Waals surface area contributed by atoms with Gasteiger partial charge in [0.05, 0.1) is 0 Å². The SMILES string of the molecule is NC(CCO)c1cccc2c1CCC2. The quantitative estimate of drug-likeness (QED) is 0.761. The molecule has 2 nitrogen and oxygen atoms in total. The third-order valence-electron chi connectivity index (χ3n) is 3.02. The van der Waals surface area contributed by atoms with Gasteiger partial charge in [0.25, 0.3) is 0 Å². The van der Waals surface area contributed by atoms with Crippen LogP contribution >= 0.6 is 0 Å². The fraction of sp³-hybridized carbons (Fsp3) is 0.500. The Morgan fingerprint density at radius 1 is 1.36 bits per heavy atom. The van der Waals surface area contributed by atoms with Crippen LogP contribution in [0.25, 0.3) is 0 Å². The molecule has 0 aromatic heterocycles. The van der Waals surface area contributed by atoms with Gasteiger partial charge in [-0.25, -0.2) is 0 Å². The van der Waals surface area contributed by atoms with Gasteiger partial charge in [-0.05, 0) is 42.4 Å². The van der Waals surface area contributed by atoms with Crippen LogP contribution in [0.2, 0.25) is 0 Å². The second-order valence-corrected chi connectivity index (χ2v) is 3.96. The summed E-state index contributed by atoms with van der Waals surface area (Å²) < 4.78 is 0. The highest BCUT2D eigenvalue weighted by atomic mass is 16.3. The average molecular weight is 191 g/mol. The Balaban J connectivity index is 2.29. The van der Waals surface area contributed by atoms with Gasteiger partial charge in [0.1, 0.15) is 0 Å². The zero-order chi connectivity index (χ0) is 9.97. The highest BCUT2D eigenvalue weighted by Crippen LogP contribution is 2.29. The molecule has 2 rings (SSSR count). The summed E-state index contributed by atoms with van der Waals surface area (Å²) in [5.41, 5.74) is 10.2. The Kier molecular flexibility index (Phi) is 2.85.